The highest BCUT2D eigenvalue weighted by atomic mass is 14.7. The van der Waals surface area contributed by atoms with Crippen LogP contribution in [0.2, 0.25) is 0 Å². The van der Waals surface area contributed by atoms with Gasteiger partial charge in [0.15, 0.2) is 0 Å². The lowest BCUT2D eigenvalue weighted by Gasteiger charge is -2.01. The third-order valence-corrected chi connectivity index (χ3v) is 2.44. The average Bonchev–Trinajstić information content (AvgIpc) is 2.36. The number of fused-ring (bicyclic) bond motifs is 1. The second-order valence-electron chi connectivity index (χ2n) is 3.51. The van der Waals surface area contributed by atoms with E-state index in [2.05, 4.69) is 43.1 Å². The molecule has 0 aromatic heterocycles. The molecule has 2 rings (SSSR count). The van der Waals surface area contributed by atoms with Gasteiger partial charge < -0.3 is 0 Å². The molecule has 1 aliphatic heterocycles. The first-order valence-corrected chi connectivity index (χ1v) is 4.55. The predicted octanol–water partition coefficient (Wildman–Crippen LogP) is 3.03. The summed E-state index contributed by atoms with van der Waals surface area (Å²) < 4.78 is 0. The van der Waals surface area contributed by atoms with Crippen LogP contribution in [0.15, 0.2) is 52.2 Å². The molecule has 0 radical (unpaired) electrons. The first kappa shape index (κ1) is 8.24. The fraction of sp³-hybridized carbons (Fsp3) is 0.250. The van der Waals surface area contributed by atoms with Crippen molar-refractivity contribution in [2.45, 2.75) is 13.8 Å². The highest BCUT2D eigenvalue weighted by Crippen LogP contribution is 2.23. The average molecular weight is 171 g/mol. The molecule has 0 N–H and O–H groups in total. The summed E-state index contributed by atoms with van der Waals surface area (Å²) in [6.07, 6.45) is 12.6. The van der Waals surface area contributed by atoms with Crippen molar-refractivity contribution in [2.75, 3.05) is 0 Å². The molecule has 1 heteroatoms. The zero-order valence-electron chi connectivity index (χ0n) is 7.99. The Morgan fingerprint density at radius 1 is 1.15 bits per heavy atom. The van der Waals surface area contributed by atoms with E-state index < -0.39 is 0 Å². The highest BCUT2D eigenvalue weighted by Gasteiger charge is 2.07. The molecule has 1 heterocycles. The number of rotatable bonds is 0. The van der Waals surface area contributed by atoms with Crippen LogP contribution < -0.4 is 0 Å². The van der Waals surface area contributed by atoms with Gasteiger partial charge in [-0.05, 0) is 37.6 Å². The summed E-state index contributed by atoms with van der Waals surface area (Å²) in [5, 5.41) is 0. The molecule has 0 aromatic carbocycles. The molecule has 0 aromatic rings. The van der Waals surface area contributed by atoms with E-state index in [1.54, 1.807) is 0 Å². The Bertz CT molecular complexity index is 365. The van der Waals surface area contributed by atoms with Gasteiger partial charge in [-0.2, -0.15) is 0 Å². The Balaban J connectivity index is 2.47. The lowest BCUT2D eigenvalue weighted by atomic mass is 10.0. The third kappa shape index (κ3) is 1.69. The molecule has 66 valence electrons. The largest absolute Gasteiger partial charge is 0.257 e. The standard InChI is InChI=1S/C12H13N/c1-9-6-11-4-3-5-13-12(8-11)7-10(9)2/h3-8,11H,1-2H3. The predicted molar refractivity (Wildman–Crippen MR) is 56.7 cm³/mol. The number of hydrogen-bond donors (Lipinski definition) is 0. The zero-order valence-corrected chi connectivity index (χ0v) is 7.99. The lowest BCUT2D eigenvalue weighted by molar-refractivity contribution is 1.05. The van der Waals surface area contributed by atoms with Gasteiger partial charge in [-0.15, -0.1) is 0 Å². The molecule has 1 aliphatic carbocycles. The van der Waals surface area contributed by atoms with Gasteiger partial charge in [0.25, 0.3) is 0 Å². The molecule has 0 fully saturated rings. The van der Waals surface area contributed by atoms with E-state index in [1.165, 1.54) is 11.1 Å². The van der Waals surface area contributed by atoms with Gasteiger partial charge in [0.2, 0.25) is 0 Å². The number of allylic oxidation sites excluding steroid dienone is 7. The lowest BCUT2D eigenvalue weighted by Crippen LogP contribution is -1.86. The van der Waals surface area contributed by atoms with E-state index in [-0.39, 0.29) is 0 Å². The Labute approximate surface area is 78.9 Å². The minimum atomic E-state index is 0.409. The van der Waals surface area contributed by atoms with E-state index >= 15 is 0 Å². The maximum Gasteiger partial charge on any atom is 0.0601 e. The van der Waals surface area contributed by atoms with Gasteiger partial charge in [-0.25, -0.2) is 0 Å². The second-order valence-corrected chi connectivity index (χ2v) is 3.51. The van der Waals surface area contributed by atoms with Crippen molar-refractivity contribution in [1.82, 2.24) is 0 Å². The minimum absolute atomic E-state index is 0.409. The van der Waals surface area contributed by atoms with Crippen molar-refractivity contribution in [3.05, 3.63) is 47.2 Å². The topological polar surface area (TPSA) is 12.4 Å². The summed E-state index contributed by atoms with van der Waals surface area (Å²) >= 11 is 0. The molecule has 1 unspecified atom stereocenters. The molecule has 2 aliphatic rings. The summed E-state index contributed by atoms with van der Waals surface area (Å²) in [6.45, 7) is 4.28. The van der Waals surface area contributed by atoms with Gasteiger partial charge in [0, 0.05) is 12.1 Å². The summed E-state index contributed by atoms with van der Waals surface area (Å²) in [5.74, 6) is 0.409. The quantitative estimate of drug-likeness (QED) is 0.531. The number of hydrogen-bond acceptors (Lipinski definition) is 1. The Morgan fingerprint density at radius 3 is 2.85 bits per heavy atom. The Kier molecular flexibility index (Phi) is 2.01. The molecule has 1 atom stereocenters. The van der Waals surface area contributed by atoms with Crippen LogP contribution in [0.25, 0.3) is 0 Å². The summed E-state index contributed by atoms with van der Waals surface area (Å²) in [7, 11) is 0. The van der Waals surface area contributed by atoms with Crippen molar-refractivity contribution in [1.29, 1.82) is 0 Å². The maximum atomic E-state index is 4.33. The van der Waals surface area contributed by atoms with Crippen molar-refractivity contribution in [3.63, 3.8) is 0 Å². The number of nitrogens with zero attached hydrogens (tertiary/aromatic N) is 1. The van der Waals surface area contributed by atoms with Crippen LogP contribution in [-0.2, 0) is 0 Å². The molecule has 0 amide bonds. The molecule has 2 bridgehead atoms. The van der Waals surface area contributed by atoms with Crippen molar-refractivity contribution in [2.24, 2.45) is 10.9 Å². The van der Waals surface area contributed by atoms with Gasteiger partial charge in [-0.1, -0.05) is 17.7 Å². The van der Waals surface area contributed by atoms with Gasteiger partial charge in [-0.3, -0.25) is 4.99 Å². The van der Waals surface area contributed by atoms with Gasteiger partial charge in [0.05, 0.1) is 5.70 Å². The smallest absolute Gasteiger partial charge is 0.0601 e. The number of aliphatic imine (C=N–C) groups is 1. The van der Waals surface area contributed by atoms with Crippen LogP contribution in [0.3, 0.4) is 0 Å². The van der Waals surface area contributed by atoms with Crippen LogP contribution in [0.4, 0.5) is 0 Å². The SMILES string of the molecule is CC1=CC2=CC(C=CC=N2)C=C1C. The normalized spacial score (nSPS) is 25.7. The first-order valence-electron chi connectivity index (χ1n) is 4.55. The van der Waals surface area contributed by atoms with Crippen LogP contribution in [0.5, 0.6) is 0 Å². The fourth-order valence-corrected chi connectivity index (χ4v) is 1.55. The fourth-order valence-electron chi connectivity index (χ4n) is 1.55. The maximum absolute atomic E-state index is 4.33. The molecular formula is C12H13N. The van der Waals surface area contributed by atoms with Crippen molar-refractivity contribution < 1.29 is 0 Å². The third-order valence-electron chi connectivity index (χ3n) is 2.44. The molecule has 13 heavy (non-hydrogen) atoms. The van der Waals surface area contributed by atoms with E-state index in [9.17, 15) is 0 Å². The molecule has 0 saturated carbocycles. The van der Waals surface area contributed by atoms with Gasteiger partial charge in [0.1, 0.15) is 0 Å². The van der Waals surface area contributed by atoms with Crippen LogP contribution >= 0.6 is 0 Å². The first-order chi connectivity index (χ1) is 6.25. The second kappa shape index (κ2) is 3.17. The van der Waals surface area contributed by atoms with Crippen LogP contribution in [0.1, 0.15) is 13.8 Å². The van der Waals surface area contributed by atoms with Crippen molar-refractivity contribution in [3.8, 4) is 0 Å². The summed E-state index contributed by atoms with van der Waals surface area (Å²) in [4.78, 5) is 4.33. The molecule has 0 spiro atoms. The summed E-state index contributed by atoms with van der Waals surface area (Å²) in [5.41, 5.74) is 3.72. The monoisotopic (exact) mass is 171 g/mol. The van der Waals surface area contributed by atoms with Crippen LogP contribution in [-0.4, -0.2) is 6.21 Å². The zero-order chi connectivity index (χ0) is 9.26. The van der Waals surface area contributed by atoms with E-state index in [0.717, 1.165) is 5.70 Å². The highest BCUT2D eigenvalue weighted by molar-refractivity contribution is 5.73. The Hall–Kier alpha value is -1.37. The van der Waals surface area contributed by atoms with E-state index in [4.69, 9.17) is 0 Å². The van der Waals surface area contributed by atoms with E-state index in [0.29, 0.717) is 5.92 Å². The minimum Gasteiger partial charge on any atom is -0.257 e. The van der Waals surface area contributed by atoms with E-state index in [1.807, 2.05) is 12.3 Å². The molecule has 0 saturated heterocycles. The van der Waals surface area contributed by atoms with Crippen molar-refractivity contribution >= 4 is 6.21 Å². The Morgan fingerprint density at radius 2 is 2.00 bits per heavy atom. The van der Waals surface area contributed by atoms with Crippen LogP contribution in [0, 0.1) is 5.92 Å². The molecular weight excluding hydrogens is 158 g/mol. The summed E-state index contributed by atoms with van der Waals surface area (Å²) in [6, 6.07) is 0. The molecule has 1 nitrogen and oxygen atoms in total. The van der Waals surface area contributed by atoms with Gasteiger partial charge >= 0.3 is 0 Å².